The van der Waals surface area contributed by atoms with Crippen LogP contribution < -0.4 is 0 Å². The fourth-order valence-corrected chi connectivity index (χ4v) is 3.27. The number of hydrogen-bond acceptors (Lipinski definition) is 4. The van der Waals surface area contributed by atoms with Gasteiger partial charge in [-0.2, -0.15) is 0 Å². The Morgan fingerprint density at radius 2 is 1.22 bits per heavy atom. The van der Waals surface area contributed by atoms with E-state index in [1.807, 2.05) is 4.90 Å². The summed E-state index contributed by atoms with van der Waals surface area (Å²) in [7, 11) is 0. The van der Waals surface area contributed by atoms with Gasteiger partial charge in [0.1, 0.15) is 5.78 Å². The summed E-state index contributed by atoms with van der Waals surface area (Å²) >= 11 is 0. The molecule has 0 aromatic carbocycles. The highest BCUT2D eigenvalue weighted by atomic mass is 16.3. The van der Waals surface area contributed by atoms with Gasteiger partial charge < -0.3 is 10.2 Å². The molecule has 0 rings (SSSR count). The van der Waals surface area contributed by atoms with Crippen molar-refractivity contribution >= 4 is 5.78 Å². The van der Waals surface area contributed by atoms with Crippen LogP contribution in [0.15, 0.2) is 12.2 Å². The van der Waals surface area contributed by atoms with E-state index < -0.39 is 0 Å². The number of aliphatic hydroxyl groups excluding tert-OH is 2. The van der Waals surface area contributed by atoms with E-state index in [0.29, 0.717) is 26.1 Å². The quantitative estimate of drug-likeness (QED) is 0.219. The van der Waals surface area contributed by atoms with Crippen LogP contribution in [0.25, 0.3) is 0 Å². The third-order valence-corrected chi connectivity index (χ3v) is 4.95. The number of nitrogens with zero attached hydrogens (tertiary/aromatic N) is 1. The van der Waals surface area contributed by atoms with Crippen LogP contribution in [0, 0.1) is 0 Å². The van der Waals surface area contributed by atoms with Crippen molar-refractivity contribution in [3.8, 4) is 0 Å². The molecule has 2 N–H and O–H groups in total. The summed E-state index contributed by atoms with van der Waals surface area (Å²) < 4.78 is 0. The average Bonchev–Trinajstić information content (AvgIpc) is 2.65. The highest BCUT2D eigenvalue weighted by Crippen LogP contribution is 2.10. The molecule has 0 aliphatic carbocycles. The van der Waals surface area contributed by atoms with Crippen molar-refractivity contribution in [1.82, 2.24) is 4.90 Å². The van der Waals surface area contributed by atoms with E-state index in [1.54, 1.807) is 0 Å². The first-order valence-electron chi connectivity index (χ1n) is 11.3. The van der Waals surface area contributed by atoms with Crippen LogP contribution in [0.5, 0.6) is 0 Å². The number of ketones is 1. The monoisotopic (exact) mass is 383 g/mol. The number of aliphatic hydroxyl groups is 2. The number of carbonyl (C=O) groups is 1. The van der Waals surface area contributed by atoms with Crippen LogP contribution in [0.2, 0.25) is 0 Å². The summed E-state index contributed by atoms with van der Waals surface area (Å²) in [5.41, 5.74) is 0. The highest BCUT2D eigenvalue weighted by molar-refractivity contribution is 5.80. The molecule has 0 aromatic rings. The van der Waals surface area contributed by atoms with E-state index in [-0.39, 0.29) is 19.0 Å². The lowest BCUT2D eigenvalue weighted by molar-refractivity contribution is -0.120. The SMILES string of the molecule is CCCCCCCCC=CCCCCCCCC(=O)CN(CCO)CCO. The molecule has 27 heavy (non-hydrogen) atoms. The van der Waals surface area contributed by atoms with Gasteiger partial charge in [0.05, 0.1) is 19.8 Å². The summed E-state index contributed by atoms with van der Waals surface area (Å²) in [6.45, 7) is 3.58. The molecule has 0 spiro atoms. The normalized spacial score (nSPS) is 11.7. The van der Waals surface area contributed by atoms with E-state index in [4.69, 9.17) is 10.2 Å². The van der Waals surface area contributed by atoms with Gasteiger partial charge in [0, 0.05) is 19.5 Å². The maximum atomic E-state index is 11.9. The van der Waals surface area contributed by atoms with Crippen LogP contribution in [0.4, 0.5) is 0 Å². The largest absolute Gasteiger partial charge is 0.395 e. The molecule has 4 heteroatoms. The summed E-state index contributed by atoms with van der Waals surface area (Å²) in [6, 6.07) is 0. The van der Waals surface area contributed by atoms with Gasteiger partial charge in [-0.15, -0.1) is 0 Å². The van der Waals surface area contributed by atoms with Crippen molar-refractivity contribution in [1.29, 1.82) is 0 Å². The molecule has 0 fully saturated rings. The molecule has 0 saturated heterocycles. The number of Topliss-reactive ketones (excluding diaryl/α,β-unsaturated/α-hetero) is 1. The molecule has 0 aliphatic rings. The topological polar surface area (TPSA) is 60.8 Å². The lowest BCUT2D eigenvalue weighted by Gasteiger charge is -2.18. The van der Waals surface area contributed by atoms with Gasteiger partial charge in [0.2, 0.25) is 0 Å². The van der Waals surface area contributed by atoms with Gasteiger partial charge in [0.25, 0.3) is 0 Å². The molecule has 0 aliphatic heterocycles. The van der Waals surface area contributed by atoms with E-state index in [2.05, 4.69) is 19.1 Å². The third kappa shape index (κ3) is 19.8. The lowest BCUT2D eigenvalue weighted by atomic mass is 10.1. The van der Waals surface area contributed by atoms with Crippen molar-refractivity contribution < 1.29 is 15.0 Å². The number of allylic oxidation sites excluding steroid dienone is 2. The minimum Gasteiger partial charge on any atom is -0.395 e. The average molecular weight is 384 g/mol. The predicted molar refractivity (Wildman–Crippen MR) is 115 cm³/mol. The zero-order valence-electron chi connectivity index (χ0n) is 17.8. The molecule has 0 bridgehead atoms. The minimum absolute atomic E-state index is 0.0285. The molecule has 0 amide bonds. The van der Waals surface area contributed by atoms with Gasteiger partial charge in [-0.05, 0) is 32.1 Å². The Balaban J connectivity index is 3.38. The van der Waals surface area contributed by atoms with Gasteiger partial charge >= 0.3 is 0 Å². The van der Waals surface area contributed by atoms with Crippen LogP contribution in [0.3, 0.4) is 0 Å². The molecule has 0 heterocycles. The van der Waals surface area contributed by atoms with Crippen LogP contribution in [0.1, 0.15) is 96.8 Å². The summed E-state index contributed by atoms with van der Waals surface area (Å²) in [4.78, 5) is 13.7. The highest BCUT2D eigenvalue weighted by Gasteiger charge is 2.09. The maximum absolute atomic E-state index is 11.9. The Kier molecular flexibility index (Phi) is 21.0. The second-order valence-electron chi connectivity index (χ2n) is 7.60. The first-order valence-corrected chi connectivity index (χ1v) is 11.3. The number of hydrogen-bond donors (Lipinski definition) is 2. The molecule has 0 radical (unpaired) electrons. The van der Waals surface area contributed by atoms with Gasteiger partial charge in [0.15, 0.2) is 0 Å². The van der Waals surface area contributed by atoms with Gasteiger partial charge in [-0.25, -0.2) is 0 Å². The summed E-state index contributed by atoms with van der Waals surface area (Å²) in [5.74, 6) is 0.217. The van der Waals surface area contributed by atoms with Crippen molar-refractivity contribution in [2.75, 3.05) is 32.8 Å². The van der Waals surface area contributed by atoms with E-state index in [9.17, 15) is 4.79 Å². The first kappa shape index (κ1) is 26.3. The van der Waals surface area contributed by atoms with Crippen LogP contribution in [-0.4, -0.2) is 53.7 Å². The summed E-state index contributed by atoms with van der Waals surface area (Å²) in [5, 5.41) is 17.9. The third-order valence-electron chi connectivity index (χ3n) is 4.95. The molecule has 0 unspecified atom stereocenters. The second kappa shape index (κ2) is 21.6. The van der Waals surface area contributed by atoms with Crippen molar-refractivity contribution in [3.05, 3.63) is 12.2 Å². The van der Waals surface area contributed by atoms with Crippen LogP contribution in [-0.2, 0) is 4.79 Å². The van der Waals surface area contributed by atoms with Gasteiger partial charge in [-0.3, -0.25) is 9.69 Å². The smallest absolute Gasteiger partial charge is 0.146 e. The zero-order chi connectivity index (χ0) is 20.0. The Labute approximate surface area is 168 Å². The number of rotatable bonds is 21. The Bertz CT molecular complexity index is 339. The Morgan fingerprint density at radius 1 is 0.741 bits per heavy atom. The van der Waals surface area contributed by atoms with Crippen molar-refractivity contribution in [2.24, 2.45) is 0 Å². The van der Waals surface area contributed by atoms with Crippen molar-refractivity contribution in [3.63, 3.8) is 0 Å². The molecule has 0 aromatic heterocycles. The molecular formula is C23H45NO3. The Morgan fingerprint density at radius 3 is 1.74 bits per heavy atom. The standard InChI is InChI=1S/C23H45NO3/c1-2-3-4-5-6-7-8-9-10-11-12-13-14-15-16-17-23(27)22-24(18-20-25)19-21-26/h9-10,25-26H,2-8,11-22H2,1H3. The number of unbranched alkanes of at least 4 members (excludes halogenated alkanes) is 11. The first-order chi connectivity index (χ1) is 13.2. The number of carbonyl (C=O) groups excluding carboxylic acids is 1. The van der Waals surface area contributed by atoms with E-state index in [1.165, 1.54) is 70.6 Å². The molecule has 160 valence electrons. The summed E-state index contributed by atoms with van der Waals surface area (Å²) in [6.07, 6.45) is 21.7. The Hall–Kier alpha value is -0.710. The molecule has 0 saturated carbocycles. The maximum Gasteiger partial charge on any atom is 0.146 e. The zero-order valence-corrected chi connectivity index (χ0v) is 17.8. The molecule has 0 atom stereocenters. The molecular weight excluding hydrogens is 338 g/mol. The van der Waals surface area contributed by atoms with Crippen LogP contribution >= 0.6 is 0 Å². The predicted octanol–water partition coefficient (Wildman–Crippen LogP) is 4.88. The second-order valence-corrected chi connectivity index (χ2v) is 7.60. The van der Waals surface area contributed by atoms with Gasteiger partial charge in [-0.1, -0.05) is 70.4 Å². The van der Waals surface area contributed by atoms with E-state index in [0.717, 1.165) is 12.8 Å². The van der Waals surface area contributed by atoms with Crippen molar-refractivity contribution in [2.45, 2.75) is 96.8 Å². The lowest BCUT2D eigenvalue weighted by Crippen LogP contribution is -2.34. The fraction of sp³-hybridized carbons (Fsp3) is 0.870. The molecule has 4 nitrogen and oxygen atoms in total. The minimum atomic E-state index is 0.0285. The fourth-order valence-electron chi connectivity index (χ4n) is 3.27. The van der Waals surface area contributed by atoms with E-state index >= 15 is 0 Å².